The number of aromatic hydroxyl groups is 1. The number of rotatable bonds is 6. The molecule has 0 spiro atoms. The number of H-pyrrole nitrogens is 1. The van der Waals surface area contributed by atoms with Gasteiger partial charge in [0.15, 0.2) is 5.78 Å². The van der Waals surface area contributed by atoms with Crippen molar-refractivity contribution in [1.29, 1.82) is 0 Å². The normalized spacial score (nSPS) is 14.4. The van der Waals surface area contributed by atoms with Gasteiger partial charge in [-0.2, -0.15) is 0 Å². The molecule has 0 amide bonds. The number of aromatic amines is 1. The van der Waals surface area contributed by atoms with Crippen LogP contribution < -0.4 is 0 Å². The molecule has 0 aliphatic heterocycles. The first kappa shape index (κ1) is 15.6. The lowest BCUT2D eigenvalue weighted by molar-refractivity contribution is -0.114. The van der Waals surface area contributed by atoms with Crippen molar-refractivity contribution < 1.29 is 9.90 Å². The number of allylic oxidation sites excluding steroid dienone is 1. The highest BCUT2D eigenvalue weighted by atomic mass is 16.3. The van der Waals surface area contributed by atoms with E-state index < -0.39 is 0 Å². The number of hydrogen-bond donors (Lipinski definition) is 2. The average molecular weight is 332 g/mol. The van der Waals surface area contributed by atoms with Crippen LogP contribution in [-0.2, 0) is 11.2 Å². The Balaban J connectivity index is 1.40. The van der Waals surface area contributed by atoms with E-state index >= 15 is 0 Å². The number of ketones is 1. The molecule has 0 saturated heterocycles. The van der Waals surface area contributed by atoms with Gasteiger partial charge in [0.2, 0.25) is 0 Å². The maximum Gasteiger partial charge on any atom is 0.156 e. The van der Waals surface area contributed by atoms with Crippen LogP contribution in [0.25, 0.3) is 17.1 Å². The van der Waals surface area contributed by atoms with E-state index in [9.17, 15) is 9.90 Å². The van der Waals surface area contributed by atoms with E-state index in [0.29, 0.717) is 18.8 Å². The summed E-state index contributed by atoms with van der Waals surface area (Å²) in [6.07, 6.45) is 7.08. The van der Waals surface area contributed by atoms with Gasteiger partial charge in [-0.25, -0.2) is 4.98 Å². The molecule has 25 heavy (non-hydrogen) atoms. The minimum Gasteiger partial charge on any atom is -0.508 e. The molecule has 4 heteroatoms. The highest BCUT2D eigenvalue weighted by Gasteiger charge is 2.24. The molecule has 1 aromatic heterocycles. The fourth-order valence-electron chi connectivity index (χ4n) is 3.11. The van der Waals surface area contributed by atoms with Gasteiger partial charge in [-0.3, -0.25) is 4.79 Å². The van der Waals surface area contributed by atoms with Crippen LogP contribution in [0.2, 0.25) is 0 Å². The van der Waals surface area contributed by atoms with E-state index in [2.05, 4.69) is 28.2 Å². The van der Waals surface area contributed by atoms with Crippen molar-refractivity contribution >= 4 is 22.9 Å². The zero-order valence-electron chi connectivity index (χ0n) is 13.9. The smallest absolute Gasteiger partial charge is 0.156 e. The number of phenols is 1. The monoisotopic (exact) mass is 332 g/mol. The highest BCUT2D eigenvalue weighted by Crippen LogP contribution is 2.41. The van der Waals surface area contributed by atoms with Crippen molar-refractivity contribution in [3.63, 3.8) is 0 Å². The van der Waals surface area contributed by atoms with E-state index in [0.717, 1.165) is 22.4 Å². The van der Waals surface area contributed by atoms with Crippen molar-refractivity contribution in [2.75, 3.05) is 0 Å². The summed E-state index contributed by atoms with van der Waals surface area (Å²) in [4.78, 5) is 19.8. The largest absolute Gasteiger partial charge is 0.508 e. The summed E-state index contributed by atoms with van der Waals surface area (Å²) in [5.41, 5.74) is 4.09. The molecule has 1 saturated carbocycles. The molecule has 4 rings (SSSR count). The number of carbonyl (C=O) groups is 1. The number of aromatic nitrogens is 2. The molecule has 2 N–H and O–H groups in total. The number of nitrogens with one attached hydrogen (secondary N) is 1. The molecule has 0 bridgehead atoms. The quantitative estimate of drug-likeness (QED) is 0.659. The Bertz CT molecular complexity index is 951. The lowest BCUT2D eigenvalue weighted by atomic mass is 10.0. The van der Waals surface area contributed by atoms with Gasteiger partial charge >= 0.3 is 0 Å². The Labute approximate surface area is 146 Å². The van der Waals surface area contributed by atoms with Crippen LogP contribution in [-0.4, -0.2) is 20.9 Å². The van der Waals surface area contributed by atoms with E-state index in [4.69, 9.17) is 0 Å². The third-order valence-electron chi connectivity index (χ3n) is 4.58. The lowest BCUT2D eigenvalue weighted by Gasteiger charge is -2.03. The molecule has 0 atom stereocenters. The minimum absolute atomic E-state index is 0.0916. The fourth-order valence-corrected chi connectivity index (χ4v) is 3.11. The van der Waals surface area contributed by atoms with Gasteiger partial charge in [0, 0.05) is 18.9 Å². The van der Waals surface area contributed by atoms with Gasteiger partial charge < -0.3 is 10.1 Å². The SMILES string of the molecule is O=C(/C=C/c1ccccc1C1CC1)CCc1nc2ccc(O)cc2[nH]1. The molecule has 126 valence electrons. The van der Waals surface area contributed by atoms with Crippen molar-refractivity contribution in [3.05, 3.63) is 65.5 Å². The Kier molecular flexibility index (Phi) is 4.10. The Morgan fingerprint density at radius 1 is 1.24 bits per heavy atom. The second-order valence-electron chi connectivity index (χ2n) is 6.59. The van der Waals surface area contributed by atoms with Crippen LogP contribution in [0.3, 0.4) is 0 Å². The summed E-state index contributed by atoms with van der Waals surface area (Å²) >= 11 is 0. The van der Waals surface area contributed by atoms with Gasteiger partial charge in [-0.05, 0) is 48.1 Å². The van der Waals surface area contributed by atoms with E-state index in [-0.39, 0.29) is 11.5 Å². The summed E-state index contributed by atoms with van der Waals surface area (Å²) in [5, 5.41) is 9.49. The summed E-state index contributed by atoms with van der Waals surface area (Å²) in [6.45, 7) is 0. The summed E-state index contributed by atoms with van der Waals surface area (Å²) in [6, 6.07) is 13.3. The van der Waals surface area contributed by atoms with Gasteiger partial charge in [0.05, 0.1) is 11.0 Å². The first-order valence-corrected chi connectivity index (χ1v) is 8.66. The lowest BCUT2D eigenvalue weighted by Crippen LogP contribution is -1.97. The number of nitrogens with zero attached hydrogens (tertiary/aromatic N) is 1. The second-order valence-corrected chi connectivity index (χ2v) is 6.59. The van der Waals surface area contributed by atoms with E-state index in [1.165, 1.54) is 18.4 Å². The topological polar surface area (TPSA) is 66.0 Å². The van der Waals surface area contributed by atoms with Crippen molar-refractivity contribution in [2.45, 2.75) is 31.6 Å². The predicted molar refractivity (Wildman–Crippen MR) is 98.5 cm³/mol. The first-order valence-electron chi connectivity index (χ1n) is 8.66. The molecule has 2 aromatic carbocycles. The highest BCUT2D eigenvalue weighted by molar-refractivity contribution is 5.93. The van der Waals surface area contributed by atoms with Crippen LogP contribution >= 0.6 is 0 Å². The number of fused-ring (bicyclic) bond motifs is 1. The third-order valence-corrected chi connectivity index (χ3v) is 4.58. The number of carbonyl (C=O) groups excluding carboxylic acids is 1. The minimum atomic E-state index is 0.0916. The zero-order chi connectivity index (χ0) is 17.2. The van der Waals surface area contributed by atoms with Gasteiger partial charge in [0.25, 0.3) is 0 Å². The van der Waals surface area contributed by atoms with Crippen LogP contribution in [0.1, 0.15) is 42.1 Å². The summed E-state index contributed by atoms with van der Waals surface area (Å²) in [7, 11) is 0. The molecule has 0 radical (unpaired) electrons. The molecule has 3 aromatic rings. The predicted octanol–water partition coefficient (Wildman–Crippen LogP) is 4.36. The van der Waals surface area contributed by atoms with Gasteiger partial charge in [-0.15, -0.1) is 0 Å². The molecule has 1 fully saturated rings. The summed E-state index contributed by atoms with van der Waals surface area (Å²) < 4.78 is 0. The first-order chi connectivity index (χ1) is 12.2. The van der Waals surface area contributed by atoms with Crippen molar-refractivity contribution in [1.82, 2.24) is 9.97 Å². The molecule has 1 aliphatic carbocycles. The van der Waals surface area contributed by atoms with Crippen LogP contribution in [0.4, 0.5) is 0 Å². The number of aryl methyl sites for hydroxylation is 1. The van der Waals surface area contributed by atoms with Crippen molar-refractivity contribution in [2.24, 2.45) is 0 Å². The van der Waals surface area contributed by atoms with Crippen LogP contribution in [0.15, 0.2) is 48.5 Å². The summed E-state index contributed by atoms with van der Waals surface area (Å²) in [5.74, 6) is 1.73. The maximum atomic E-state index is 12.2. The zero-order valence-corrected chi connectivity index (χ0v) is 13.9. The Morgan fingerprint density at radius 3 is 2.92 bits per heavy atom. The van der Waals surface area contributed by atoms with Crippen LogP contribution in [0.5, 0.6) is 5.75 Å². The molecule has 0 unspecified atom stereocenters. The van der Waals surface area contributed by atoms with Crippen molar-refractivity contribution in [3.8, 4) is 5.75 Å². The van der Waals surface area contributed by atoms with Crippen LogP contribution in [0, 0.1) is 0 Å². The third kappa shape index (κ3) is 3.63. The molecule has 4 nitrogen and oxygen atoms in total. The Morgan fingerprint density at radius 2 is 2.08 bits per heavy atom. The van der Waals surface area contributed by atoms with E-state index in [1.807, 2.05) is 12.1 Å². The maximum absolute atomic E-state index is 12.2. The second kappa shape index (κ2) is 6.55. The fraction of sp³-hybridized carbons (Fsp3) is 0.238. The molecule has 1 aliphatic rings. The molecular weight excluding hydrogens is 312 g/mol. The van der Waals surface area contributed by atoms with Gasteiger partial charge in [-0.1, -0.05) is 30.3 Å². The Hall–Kier alpha value is -2.88. The number of phenolic OH excluding ortho intramolecular Hbond substituents is 1. The number of benzene rings is 2. The van der Waals surface area contributed by atoms with Gasteiger partial charge in [0.1, 0.15) is 11.6 Å². The number of imidazole rings is 1. The molecule has 1 heterocycles. The number of hydrogen-bond acceptors (Lipinski definition) is 3. The molecular formula is C21H20N2O2. The standard InChI is InChI=1S/C21H20N2O2/c24-16(8-7-14-3-1-2-4-18(14)15-5-6-15)10-12-21-22-19-11-9-17(25)13-20(19)23-21/h1-4,7-9,11,13,15,25H,5-6,10,12H2,(H,22,23)/b8-7+. The average Bonchev–Trinajstić information content (AvgIpc) is 3.38. The van der Waals surface area contributed by atoms with E-state index in [1.54, 1.807) is 24.3 Å².